The monoisotopic (exact) mass is 313 g/mol. The van der Waals surface area contributed by atoms with Gasteiger partial charge in [-0.3, -0.25) is 0 Å². The molecule has 0 unspecified atom stereocenters. The van der Waals surface area contributed by atoms with Crippen LogP contribution < -0.4 is 4.90 Å². The van der Waals surface area contributed by atoms with E-state index in [1.54, 1.807) is 4.68 Å². The van der Waals surface area contributed by atoms with E-state index in [9.17, 15) is 5.11 Å². The van der Waals surface area contributed by atoms with Crippen LogP contribution in [0.15, 0.2) is 10.9 Å². The Morgan fingerprint density at radius 1 is 1.44 bits per heavy atom. The van der Waals surface area contributed by atoms with Crippen LogP contribution in [0.2, 0.25) is 0 Å². The van der Waals surface area contributed by atoms with Crippen LogP contribution in [0.5, 0.6) is 0 Å². The maximum absolute atomic E-state index is 9.18. The first-order valence-electron chi connectivity index (χ1n) is 5.77. The lowest BCUT2D eigenvalue weighted by Crippen LogP contribution is -2.34. The van der Waals surface area contributed by atoms with Crippen molar-refractivity contribution in [2.75, 3.05) is 18.1 Å². The molecule has 0 aliphatic heterocycles. The number of halogens is 1. The van der Waals surface area contributed by atoms with E-state index in [1.807, 2.05) is 11.9 Å². The number of anilines is 1. The van der Waals surface area contributed by atoms with Crippen molar-refractivity contribution in [1.82, 2.24) is 19.7 Å². The summed E-state index contributed by atoms with van der Waals surface area (Å²) < 4.78 is 2.43. The summed E-state index contributed by atoms with van der Waals surface area (Å²) in [7, 11) is 1.84. The maximum atomic E-state index is 9.18. The molecule has 0 aromatic carbocycles. The average molecular weight is 314 g/mol. The zero-order valence-corrected chi connectivity index (χ0v) is 12.2. The van der Waals surface area contributed by atoms with Gasteiger partial charge in [-0.05, 0) is 29.8 Å². The second-order valence-electron chi connectivity index (χ2n) is 4.32. The Balaban J connectivity index is 2.62. The molecular weight excluding hydrogens is 298 g/mol. The summed E-state index contributed by atoms with van der Waals surface area (Å²) in [5, 5.41) is 14.3. The second kappa shape index (κ2) is 5.19. The highest BCUT2D eigenvalue weighted by atomic mass is 79.9. The topological polar surface area (TPSA) is 67.1 Å². The van der Waals surface area contributed by atoms with Gasteiger partial charge in [-0.15, -0.1) is 0 Å². The minimum Gasteiger partial charge on any atom is -0.395 e. The fourth-order valence-corrected chi connectivity index (χ4v) is 2.55. The van der Waals surface area contributed by atoms with Crippen molar-refractivity contribution in [2.45, 2.75) is 19.9 Å². The molecule has 7 heteroatoms. The smallest absolute Gasteiger partial charge is 0.164 e. The Labute approximate surface area is 114 Å². The first-order chi connectivity index (χ1) is 8.56. The van der Waals surface area contributed by atoms with E-state index >= 15 is 0 Å². The normalized spacial score (nSPS) is 11.4. The molecule has 0 aliphatic carbocycles. The molecule has 0 fully saturated rings. The summed E-state index contributed by atoms with van der Waals surface area (Å²) in [6.45, 7) is 4.74. The number of hydrogen-bond acceptors (Lipinski definition) is 5. The molecular formula is C11H16BrN5O. The van der Waals surface area contributed by atoms with Gasteiger partial charge in [0.25, 0.3) is 0 Å². The summed E-state index contributed by atoms with van der Waals surface area (Å²) in [4.78, 5) is 10.6. The second-order valence-corrected chi connectivity index (χ2v) is 5.07. The number of hydrogen-bond donors (Lipinski definition) is 1. The van der Waals surface area contributed by atoms with E-state index in [0.29, 0.717) is 6.54 Å². The van der Waals surface area contributed by atoms with Crippen molar-refractivity contribution in [3.8, 4) is 0 Å². The minimum absolute atomic E-state index is 0.0849. The number of rotatable bonds is 4. The third kappa shape index (κ3) is 2.20. The van der Waals surface area contributed by atoms with Crippen LogP contribution in [0.4, 0.5) is 5.82 Å². The molecule has 2 aromatic rings. The zero-order chi connectivity index (χ0) is 13.3. The highest BCUT2D eigenvalue weighted by Gasteiger charge is 2.19. The Kier molecular flexibility index (Phi) is 3.82. The van der Waals surface area contributed by atoms with Crippen LogP contribution in [0.3, 0.4) is 0 Å². The van der Waals surface area contributed by atoms with E-state index in [2.05, 4.69) is 44.8 Å². The lowest BCUT2D eigenvalue weighted by Gasteiger charge is -2.27. The standard InChI is InChI=1S/C11H16BrN5O/c1-7(2)17(4-5-18)11-8-9(12)15-16(3)10(8)13-6-14-11/h6-7,18H,4-5H2,1-3H3. The van der Waals surface area contributed by atoms with E-state index < -0.39 is 0 Å². The summed E-state index contributed by atoms with van der Waals surface area (Å²) in [5.74, 6) is 0.795. The maximum Gasteiger partial charge on any atom is 0.164 e. The molecule has 0 saturated carbocycles. The number of aliphatic hydroxyl groups is 1. The van der Waals surface area contributed by atoms with Gasteiger partial charge in [0.2, 0.25) is 0 Å². The van der Waals surface area contributed by atoms with Crippen LogP contribution in [0, 0.1) is 0 Å². The third-order valence-corrected chi connectivity index (χ3v) is 3.35. The Bertz CT molecular complexity index is 554. The van der Waals surface area contributed by atoms with Crippen molar-refractivity contribution in [2.24, 2.45) is 7.05 Å². The highest BCUT2D eigenvalue weighted by molar-refractivity contribution is 9.10. The molecule has 98 valence electrons. The first-order valence-corrected chi connectivity index (χ1v) is 6.56. The molecule has 18 heavy (non-hydrogen) atoms. The van der Waals surface area contributed by atoms with Gasteiger partial charge in [0.05, 0.1) is 12.0 Å². The van der Waals surface area contributed by atoms with Crippen LogP contribution in [0.25, 0.3) is 11.0 Å². The Hall–Kier alpha value is -1.21. The fraction of sp³-hybridized carbons (Fsp3) is 0.545. The number of fused-ring (bicyclic) bond motifs is 1. The van der Waals surface area contributed by atoms with Gasteiger partial charge in [-0.2, -0.15) is 5.10 Å². The Morgan fingerprint density at radius 3 is 2.78 bits per heavy atom. The van der Waals surface area contributed by atoms with Crippen LogP contribution in [-0.2, 0) is 7.05 Å². The minimum atomic E-state index is 0.0849. The van der Waals surface area contributed by atoms with Gasteiger partial charge < -0.3 is 10.0 Å². The van der Waals surface area contributed by atoms with Gasteiger partial charge >= 0.3 is 0 Å². The molecule has 0 spiro atoms. The van der Waals surface area contributed by atoms with Gasteiger partial charge in [-0.1, -0.05) is 0 Å². The van der Waals surface area contributed by atoms with Gasteiger partial charge in [-0.25, -0.2) is 14.6 Å². The number of aryl methyl sites for hydroxylation is 1. The van der Waals surface area contributed by atoms with Crippen LogP contribution >= 0.6 is 15.9 Å². The van der Waals surface area contributed by atoms with E-state index in [4.69, 9.17) is 0 Å². The predicted octanol–water partition coefficient (Wildman–Crippen LogP) is 1.33. The molecule has 0 amide bonds. The van der Waals surface area contributed by atoms with E-state index in [0.717, 1.165) is 21.5 Å². The predicted molar refractivity (Wildman–Crippen MR) is 73.6 cm³/mol. The number of aromatic nitrogens is 4. The highest BCUT2D eigenvalue weighted by Crippen LogP contribution is 2.30. The van der Waals surface area contributed by atoms with Crippen LogP contribution in [-0.4, -0.2) is 44.0 Å². The van der Waals surface area contributed by atoms with Gasteiger partial charge in [0.15, 0.2) is 5.65 Å². The van der Waals surface area contributed by atoms with Crippen molar-refractivity contribution >= 4 is 32.8 Å². The van der Waals surface area contributed by atoms with Crippen molar-refractivity contribution < 1.29 is 5.11 Å². The van der Waals surface area contributed by atoms with Gasteiger partial charge in [0.1, 0.15) is 16.7 Å². The molecule has 0 atom stereocenters. The largest absolute Gasteiger partial charge is 0.395 e. The number of aliphatic hydroxyl groups excluding tert-OH is 1. The molecule has 0 aliphatic rings. The van der Waals surface area contributed by atoms with Crippen molar-refractivity contribution in [1.29, 1.82) is 0 Å². The van der Waals surface area contributed by atoms with Crippen molar-refractivity contribution in [3.05, 3.63) is 10.9 Å². The SMILES string of the molecule is CC(C)N(CCO)c1ncnc2c1c(Br)nn2C. The lowest BCUT2D eigenvalue weighted by molar-refractivity contribution is 0.298. The molecule has 0 bridgehead atoms. The van der Waals surface area contributed by atoms with Crippen LogP contribution in [0.1, 0.15) is 13.8 Å². The average Bonchev–Trinajstić information content (AvgIpc) is 2.62. The van der Waals surface area contributed by atoms with E-state index in [1.165, 1.54) is 6.33 Å². The molecule has 2 rings (SSSR count). The molecule has 6 nitrogen and oxygen atoms in total. The molecule has 0 radical (unpaired) electrons. The van der Waals surface area contributed by atoms with Gasteiger partial charge in [0, 0.05) is 19.6 Å². The summed E-state index contributed by atoms with van der Waals surface area (Å²) in [6, 6.07) is 0.238. The van der Waals surface area contributed by atoms with Crippen molar-refractivity contribution in [3.63, 3.8) is 0 Å². The third-order valence-electron chi connectivity index (χ3n) is 2.79. The summed E-state index contributed by atoms with van der Waals surface area (Å²) in [6.07, 6.45) is 1.53. The van der Waals surface area contributed by atoms with E-state index in [-0.39, 0.29) is 12.6 Å². The molecule has 1 N–H and O–H groups in total. The zero-order valence-electron chi connectivity index (χ0n) is 10.6. The molecule has 2 aromatic heterocycles. The summed E-state index contributed by atoms with van der Waals surface area (Å²) in [5.41, 5.74) is 0.774. The lowest BCUT2D eigenvalue weighted by atomic mass is 10.2. The quantitative estimate of drug-likeness (QED) is 0.922. The summed E-state index contributed by atoms with van der Waals surface area (Å²) >= 11 is 3.44. The molecule has 0 saturated heterocycles. The molecule has 2 heterocycles. The fourth-order valence-electron chi connectivity index (χ4n) is 1.96. The number of nitrogens with zero attached hydrogens (tertiary/aromatic N) is 5. The first kappa shape index (κ1) is 13.2. The Morgan fingerprint density at radius 2 is 2.17 bits per heavy atom.